The number of amides is 1. The van der Waals surface area contributed by atoms with Crippen molar-refractivity contribution in [2.75, 3.05) is 33.3 Å². The van der Waals surface area contributed by atoms with Gasteiger partial charge in [0, 0.05) is 0 Å². The van der Waals surface area contributed by atoms with Gasteiger partial charge in [0.2, 0.25) is 5.75 Å². The lowest BCUT2D eigenvalue weighted by Crippen LogP contribution is -2.27. The van der Waals surface area contributed by atoms with E-state index in [2.05, 4.69) is 0 Å². The number of rotatable bonds is 7. The van der Waals surface area contributed by atoms with E-state index in [1.165, 1.54) is 11.8 Å². The highest BCUT2D eigenvalue weighted by molar-refractivity contribution is 8.05. The molecular weight excluding hydrogens is 438 g/mol. The second kappa shape index (κ2) is 9.92. The first-order valence-corrected chi connectivity index (χ1v) is 11.2. The second-order valence-electron chi connectivity index (χ2n) is 7.20. The Kier molecular flexibility index (Phi) is 6.79. The molecule has 0 aromatic heterocycles. The Labute approximate surface area is 197 Å². The first-order chi connectivity index (χ1) is 16.1. The number of anilines is 1. The Morgan fingerprint density at radius 3 is 2.00 bits per heavy atom. The van der Waals surface area contributed by atoms with Crippen molar-refractivity contribution in [2.24, 2.45) is 0 Å². The SMILES string of the molecule is COc1ccccc1N1C(=O)/C(=C/c2cc(OC)c(OC)c(OC)c2)SC1c1ccccc1. The molecule has 1 heterocycles. The molecule has 0 aliphatic carbocycles. The predicted octanol–water partition coefficient (Wildman–Crippen LogP) is 5.54. The Bertz CT molecular complexity index is 1150. The second-order valence-corrected chi connectivity index (χ2v) is 8.32. The van der Waals surface area contributed by atoms with Crippen LogP contribution >= 0.6 is 11.8 Å². The quantitative estimate of drug-likeness (QED) is 0.429. The van der Waals surface area contributed by atoms with Gasteiger partial charge in [0.15, 0.2) is 11.5 Å². The average molecular weight is 464 g/mol. The number of para-hydroxylation sites is 2. The number of hydrogen-bond donors (Lipinski definition) is 0. The van der Waals surface area contributed by atoms with E-state index in [9.17, 15) is 4.79 Å². The summed E-state index contributed by atoms with van der Waals surface area (Å²) in [6.45, 7) is 0. The topological polar surface area (TPSA) is 57.2 Å². The van der Waals surface area contributed by atoms with Crippen LogP contribution in [0.5, 0.6) is 23.0 Å². The number of methoxy groups -OCH3 is 4. The molecule has 1 saturated heterocycles. The summed E-state index contributed by atoms with van der Waals surface area (Å²) in [6, 6.07) is 21.2. The number of hydrogen-bond acceptors (Lipinski definition) is 6. The summed E-state index contributed by atoms with van der Waals surface area (Å²) in [7, 11) is 6.30. The molecule has 1 aliphatic rings. The highest BCUT2D eigenvalue weighted by Gasteiger charge is 2.39. The highest BCUT2D eigenvalue weighted by atomic mass is 32.2. The Hall–Kier alpha value is -3.58. The fourth-order valence-electron chi connectivity index (χ4n) is 3.78. The lowest BCUT2D eigenvalue weighted by molar-refractivity contribution is -0.114. The van der Waals surface area contributed by atoms with Crippen molar-refractivity contribution >= 4 is 29.4 Å². The smallest absolute Gasteiger partial charge is 0.266 e. The van der Waals surface area contributed by atoms with Crippen LogP contribution < -0.4 is 23.8 Å². The Morgan fingerprint density at radius 1 is 0.788 bits per heavy atom. The van der Waals surface area contributed by atoms with E-state index in [0.29, 0.717) is 27.9 Å². The standard InChI is InChI=1S/C26H25NO5S/c1-29-20-13-9-8-12-19(20)27-25(28)23(33-26(27)18-10-6-5-7-11-18)16-17-14-21(30-2)24(32-4)22(15-17)31-3/h5-16,26H,1-4H3/b23-16-. The van der Waals surface area contributed by atoms with Crippen molar-refractivity contribution in [1.29, 1.82) is 0 Å². The maximum Gasteiger partial charge on any atom is 0.266 e. The van der Waals surface area contributed by atoms with Gasteiger partial charge in [-0.25, -0.2) is 0 Å². The maximum absolute atomic E-state index is 13.7. The number of ether oxygens (including phenoxy) is 4. The summed E-state index contributed by atoms with van der Waals surface area (Å²) >= 11 is 1.49. The van der Waals surface area contributed by atoms with Crippen molar-refractivity contribution in [1.82, 2.24) is 0 Å². The fourth-order valence-corrected chi connectivity index (χ4v) is 5.03. The number of thioether (sulfide) groups is 1. The largest absolute Gasteiger partial charge is 0.495 e. The molecule has 3 aromatic carbocycles. The Morgan fingerprint density at radius 2 is 1.39 bits per heavy atom. The molecule has 1 amide bonds. The summed E-state index contributed by atoms with van der Waals surface area (Å²) in [6.07, 6.45) is 1.85. The number of carbonyl (C=O) groups is 1. The van der Waals surface area contributed by atoms with Crippen LogP contribution in [0.3, 0.4) is 0 Å². The van der Waals surface area contributed by atoms with E-state index in [4.69, 9.17) is 18.9 Å². The van der Waals surface area contributed by atoms with Crippen LogP contribution in [0.25, 0.3) is 6.08 Å². The molecule has 170 valence electrons. The van der Waals surface area contributed by atoms with Crippen molar-refractivity contribution in [3.05, 3.63) is 82.8 Å². The van der Waals surface area contributed by atoms with Crippen LogP contribution in [-0.4, -0.2) is 34.3 Å². The molecule has 3 aromatic rings. The average Bonchev–Trinajstić information content (AvgIpc) is 3.19. The van der Waals surface area contributed by atoms with E-state index in [0.717, 1.165) is 16.8 Å². The molecule has 1 fully saturated rings. The molecule has 4 rings (SSSR count). The fraction of sp³-hybridized carbons (Fsp3) is 0.192. The maximum atomic E-state index is 13.7. The van der Waals surface area contributed by atoms with Gasteiger partial charge >= 0.3 is 0 Å². The van der Waals surface area contributed by atoms with E-state index >= 15 is 0 Å². The molecule has 6 nitrogen and oxygen atoms in total. The van der Waals surface area contributed by atoms with Gasteiger partial charge in [-0.15, -0.1) is 0 Å². The zero-order valence-corrected chi connectivity index (χ0v) is 19.7. The summed E-state index contributed by atoms with van der Waals surface area (Å²) < 4.78 is 21.9. The molecule has 0 radical (unpaired) electrons. The first-order valence-electron chi connectivity index (χ1n) is 10.3. The van der Waals surface area contributed by atoms with Crippen LogP contribution in [0.4, 0.5) is 5.69 Å². The summed E-state index contributed by atoms with van der Waals surface area (Å²) in [5.41, 5.74) is 2.52. The van der Waals surface area contributed by atoms with Gasteiger partial charge in [-0.2, -0.15) is 0 Å². The molecule has 7 heteroatoms. The normalized spacial score (nSPS) is 16.7. The van der Waals surface area contributed by atoms with Crippen LogP contribution in [0.2, 0.25) is 0 Å². The summed E-state index contributed by atoms with van der Waals surface area (Å²) in [4.78, 5) is 16.1. The zero-order valence-electron chi connectivity index (χ0n) is 18.9. The van der Waals surface area contributed by atoms with Crippen LogP contribution in [0, 0.1) is 0 Å². The molecular formula is C26H25NO5S. The van der Waals surface area contributed by atoms with Gasteiger partial charge in [-0.05, 0) is 41.5 Å². The minimum atomic E-state index is -0.233. The molecule has 0 saturated carbocycles. The van der Waals surface area contributed by atoms with E-state index in [1.807, 2.05) is 72.8 Å². The van der Waals surface area contributed by atoms with Gasteiger partial charge < -0.3 is 18.9 Å². The third-order valence-corrected chi connectivity index (χ3v) is 6.57. The van der Waals surface area contributed by atoms with Gasteiger partial charge in [-0.1, -0.05) is 54.2 Å². The monoisotopic (exact) mass is 463 g/mol. The first kappa shape index (κ1) is 22.6. The van der Waals surface area contributed by atoms with Crippen LogP contribution in [0.15, 0.2) is 71.6 Å². The van der Waals surface area contributed by atoms with E-state index in [1.54, 1.807) is 33.3 Å². The van der Waals surface area contributed by atoms with Crippen molar-refractivity contribution < 1.29 is 23.7 Å². The van der Waals surface area contributed by atoms with Gasteiger partial charge in [0.1, 0.15) is 11.1 Å². The lowest BCUT2D eigenvalue weighted by Gasteiger charge is -2.25. The van der Waals surface area contributed by atoms with Gasteiger partial charge in [0.25, 0.3) is 5.91 Å². The zero-order chi connectivity index (χ0) is 23.4. The van der Waals surface area contributed by atoms with Crippen molar-refractivity contribution in [2.45, 2.75) is 5.37 Å². The van der Waals surface area contributed by atoms with Crippen molar-refractivity contribution in [3.63, 3.8) is 0 Å². The molecule has 1 aliphatic heterocycles. The lowest BCUT2D eigenvalue weighted by atomic mass is 10.1. The molecule has 1 unspecified atom stereocenters. The number of carbonyl (C=O) groups excluding carboxylic acids is 1. The van der Waals surface area contributed by atoms with Gasteiger partial charge in [-0.3, -0.25) is 9.69 Å². The van der Waals surface area contributed by atoms with Gasteiger partial charge in [0.05, 0.1) is 39.0 Å². The van der Waals surface area contributed by atoms with Crippen LogP contribution in [-0.2, 0) is 4.79 Å². The predicted molar refractivity (Wildman–Crippen MR) is 131 cm³/mol. The van der Waals surface area contributed by atoms with Crippen LogP contribution in [0.1, 0.15) is 16.5 Å². The number of nitrogens with zero attached hydrogens (tertiary/aromatic N) is 1. The minimum Gasteiger partial charge on any atom is -0.495 e. The Balaban J connectivity index is 1.81. The molecule has 33 heavy (non-hydrogen) atoms. The summed E-state index contributed by atoms with van der Waals surface area (Å²) in [5.74, 6) is 2.10. The molecule has 0 N–H and O–H groups in total. The number of benzene rings is 3. The molecule has 1 atom stereocenters. The third kappa shape index (κ3) is 4.36. The van der Waals surface area contributed by atoms with E-state index in [-0.39, 0.29) is 11.3 Å². The van der Waals surface area contributed by atoms with E-state index < -0.39 is 0 Å². The van der Waals surface area contributed by atoms with Crippen molar-refractivity contribution in [3.8, 4) is 23.0 Å². The summed E-state index contributed by atoms with van der Waals surface area (Å²) in [5, 5.41) is -0.233. The highest BCUT2D eigenvalue weighted by Crippen LogP contribution is 2.50. The third-order valence-electron chi connectivity index (χ3n) is 5.32. The molecule has 0 spiro atoms. The molecule has 0 bridgehead atoms. The minimum absolute atomic E-state index is 0.105.